The van der Waals surface area contributed by atoms with E-state index in [4.69, 9.17) is 17.3 Å². The number of amides is 1. The summed E-state index contributed by atoms with van der Waals surface area (Å²) in [5.74, 6) is 0.181. The van der Waals surface area contributed by atoms with Crippen molar-refractivity contribution in [2.75, 3.05) is 13.1 Å². The van der Waals surface area contributed by atoms with Crippen molar-refractivity contribution in [3.05, 3.63) is 11.6 Å². The van der Waals surface area contributed by atoms with E-state index >= 15 is 0 Å². The van der Waals surface area contributed by atoms with E-state index < -0.39 is 0 Å². The van der Waals surface area contributed by atoms with Gasteiger partial charge in [-0.1, -0.05) is 17.7 Å². The van der Waals surface area contributed by atoms with E-state index in [1.807, 2.05) is 0 Å². The lowest BCUT2D eigenvalue weighted by molar-refractivity contribution is -0.128. The molecule has 0 aromatic rings. The summed E-state index contributed by atoms with van der Waals surface area (Å²) in [6.45, 7) is 1.13. The summed E-state index contributed by atoms with van der Waals surface area (Å²) >= 11 is 5.37. The Labute approximate surface area is 77.2 Å². The van der Waals surface area contributed by atoms with Crippen LogP contribution in [-0.4, -0.2) is 29.9 Å². The van der Waals surface area contributed by atoms with Crippen molar-refractivity contribution < 1.29 is 4.79 Å². The predicted molar refractivity (Wildman–Crippen MR) is 48.8 cm³/mol. The molecule has 68 valence electrons. The quantitative estimate of drug-likeness (QED) is 0.709. The van der Waals surface area contributed by atoms with Crippen LogP contribution in [0, 0.1) is 0 Å². The predicted octanol–water partition coefficient (Wildman–Crippen LogP) is 0.689. The fraction of sp³-hybridized carbons (Fsp3) is 0.625. The van der Waals surface area contributed by atoms with E-state index in [0.29, 0.717) is 19.5 Å². The minimum Gasteiger partial charge on any atom is -0.335 e. The highest BCUT2D eigenvalue weighted by molar-refractivity contribution is 6.25. The van der Waals surface area contributed by atoms with Crippen molar-refractivity contribution in [1.29, 1.82) is 0 Å². The fourth-order valence-corrected chi connectivity index (χ4v) is 1.52. The van der Waals surface area contributed by atoms with Gasteiger partial charge in [-0.15, -0.1) is 0 Å². The Bertz CT molecular complexity index is 193. The van der Waals surface area contributed by atoms with Gasteiger partial charge in [0, 0.05) is 31.1 Å². The standard InChI is InChI=1S/C8H13ClN2O/c9-4-1-5-11-7(6-10)2-3-8(11)12/h1,4,7H,2-3,5-6,10H2/b4-1+. The summed E-state index contributed by atoms with van der Waals surface area (Å²) in [5.41, 5.74) is 6.94. The maximum absolute atomic E-state index is 11.2. The number of likely N-dealkylation sites (tertiary alicyclic amines) is 1. The van der Waals surface area contributed by atoms with Gasteiger partial charge >= 0.3 is 0 Å². The first kappa shape index (κ1) is 9.55. The number of carbonyl (C=O) groups excluding carboxylic acids is 1. The molecule has 0 saturated carbocycles. The molecule has 1 fully saturated rings. The van der Waals surface area contributed by atoms with Crippen LogP contribution in [0.25, 0.3) is 0 Å². The second-order valence-corrected chi connectivity index (χ2v) is 3.09. The van der Waals surface area contributed by atoms with Gasteiger partial charge in [-0.05, 0) is 6.42 Å². The molecule has 0 aromatic carbocycles. The first-order valence-corrected chi connectivity index (χ1v) is 4.48. The molecule has 0 radical (unpaired) electrons. The van der Waals surface area contributed by atoms with E-state index in [1.54, 1.807) is 11.0 Å². The minimum atomic E-state index is 0.181. The summed E-state index contributed by atoms with van der Waals surface area (Å²) in [6.07, 6.45) is 3.26. The van der Waals surface area contributed by atoms with E-state index in [9.17, 15) is 4.79 Å². The lowest BCUT2D eigenvalue weighted by Crippen LogP contribution is -2.37. The molecule has 3 nitrogen and oxygen atoms in total. The lowest BCUT2D eigenvalue weighted by Gasteiger charge is -2.21. The molecular weight excluding hydrogens is 176 g/mol. The highest BCUT2D eigenvalue weighted by atomic mass is 35.5. The van der Waals surface area contributed by atoms with Gasteiger partial charge in [0.2, 0.25) is 5.91 Å². The molecule has 0 bridgehead atoms. The van der Waals surface area contributed by atoms with Crippen molar-refractivity contribution in [1.82, 2.24) is 4.90 Å². The molecule has 0 spiro atoms. The van der Waals surface area contributed by atoms with E-state index in [-0.39, 0.29) is 11.9 Å². The summed E-state index contributed by atoms with van der Waals surface area (Å²) in [4.78, 5) is 13.0. The lowest BCUT2D eigenvalue weighted by atomic mass is 10.2. The Kier molecular flexibility index (Phi) is 3.56. The van der Waals surface area contributed by atoms with Crippen molar-refractivity contribution in [3.8, 4) is 0 Å². The third-order valence-electron chi connectivity index (χ3n) is 2.12. The average Bonchev–Trinajstić information content (AvgIpc) is 2.43. The number of nitrogens with zero attached hydrogens (tertiary/aromatic N) is 1. The fourth-order valence-electron chi connectivity index (χ4n) is 1.44. The number of carbonyl (C=O) groups is 1. The molecule has 12 heavy (non-hydrogen) atoms. The van der Waals surface area contributed by atoms with Gasteiger partial charge in [-0.25, -0.2) is 0 Å². The van der Waals surface area contributed by atoms with Crippen LogP contribution in [0.1, 0.15) is 12.8 Å². The Hall–Kier alpha value is -0.540. The van der Waals surface area contributed by atoms with Crippen LogP contribution >= 0.6 is 11.6 Å². The molecule has 2 N–H and O–H groups in total. The van der Waals surface area contributed by atoms with Gasteiger partial charge in [0.15, 0.2) is 0 Å². The molecule has 1 heterocycles. The third-order valence-corrected chi connectivity index (χ3v) is 2.29. The number of hydrogen-bond donors (Lipinski definition) is 1. The highest BCUT2D eigenvalue weighted by Gasteiger charge is 2.28. The van der Waals surface area contributed by atoms with Crippen LogP contribution in [0.5, 0.6) is 0 Å². The third kappa shape index (κ3) is 1.99. The average molecular weight is 189 g/mol. The first-order valence-electron chi connectivity index (χ1n) is 4.04. The van der Waals surface area contributed by atoms with Gasteiger partial charge in [0.05, 0.1) is 0 Å². The SMILES string of the molecule is NCC1CCC(=O)N1C/C=C/Cl. The van der Waals surface area contributed by atoms with Gasteiger partial charge in [0.25, 0.3) is 0 Å². The van der Waals surface area contributed by atoms with Crippen molar-refractivity contribution >= 4 is 17.5 Å². The molecule has 1 saturated heterocycles. The van der Waals surface area contributed by atoms with Crippen molar-refractivity contribution in [2.24, 2.45) is 5.73 Å². The monoisotopic (exact) mass is 188 g/mol. The number of nitrogens with two attached hydrogens (primary N) is 1. The summed E-state index contributed by atoms with van der Waals surface area (Å²) in [6, 6.07) is 0.213. The van der Waals surface area contributed by atoms with Gasteiger partial charge < -0.3 is 10.6 Å². The van der Waals surface area contributed by atoms with Crippen molar-refractivity contribution in [2.45, 2.75) is 18.9 Å². The maximum atomic E-state index is 11.2. The Morgan fingerprint density at radius 2 is 2.50 bits per heavy atom. The molecule has 4 heteroatoms. The summed E-state index contributed by atoms with van der Waals surface area (Å²) in [7, 11) is 0. The summed E-state index contributed by atoms with van der Waals surface area (Å²) < 4.78 is 0. The molecular formula is C8H13ClN2O. The molecule has 1 aliphatic heterocycles. The van der Waals surface area contributed by atoms with E-state index in [0.717, 1.165) is 6.42 Å². The molecule has 0 aromatic heterocycles. The smallest absolute Gasteiger partial charge is 0.223 e. The van der Waals surface area contributed by atoms with Crippen LogP contribution in [0.3, 0.4) is 0 Å². The van der Waals surface area contributed by atoms with Crippen LogP contribution in [0.4, 0.5) is 0 Å². The minimum absolute atomic E-state index is 0.181. The number of rotatable bonds is 3. The maximum Gasteiger partial charge on any atom is 0.223 e. The number of hydrogen-bond acceptors (Lipinski definition) is 2. The molecule has 1 aliphatic rings. The summed E-state index contributed by atoms with van der Waals surface area (Å²) in [5, 5.41) is 0. The van der Waals surface area contributed by atoms with Gasteiger partial charge in [-0.3, -0.25) is 4.79 Å². The second-order valence-electron chi connectivity index (χ2n) is 2.84. The molecule has 0 aliphatic carbocycles. The topological polar surface area (TPSA) is 46.3 Å². The molecule has 1 amide bonds. The van der Waals surface area contributed by atoms with E-state index in [1.165, 1.54) is 5.54 Å². The largest absolute Gasteiger partial charge is 0.335 e. The zero-order chi connectivity index (χ0) is 8.97. The van der Waals surface area contributed by atoms with Crippen LogP contribution in [0.2, 0.25) is 0 Å². The Morgan fingerprint density at radius 1 is 1.75 bits per heavy atom. The van der Waals surface area contributed by atoms with Gasteiger partial charge in [0.1, 0.15) is 0 Å². The molecule has 1 unspecified atom stereocenters. The Balaban J connectivity index is 2.51. The Morgan fingerprint density at radius 3 is 3.08 bits per heavy atom. The van der Waals surface area contributed by atoms with Crippen LogP contribution in [0.15, 0.2) is 11.6 Å². The zero-order valence-corrected chi connectivity index (χ0v) is 7.63. The van der Waals surface area contributed by atoms with Crippen LogP contribution < -0.4 is 5.73 Å². The van der Waals surface area contributed by atoms with Crippen molar-refractivity contribution in [3.63, 3.8) is 0 Å². The van der Waals surface area contributed by atoms with E-state index in [2.05, 4.69) is 0 Å². The highest BCUT2D eigenvalue weighted by Crippen LogP contribution is 2.17. The second kappa shape index (κ2) is 4.48. The zero-order valence-electron chi connectivity index (χ0n) is 6.87. The molecule has 1 atom stereocenters. The molecule has 1 rings (SSSR count). The normalized spacial score (nSPS) is 24.3. The van der Waals surface area contributed by atoms with Crippen LogP contribution in [-0.2, 0) is 4.79 Å². The van der Waals surface area contributed by atoms with Gasteiger partial charge in [-0.2, -0.15) is 0 Å². The first-order chi connectivity index (χ1) is 5.79. The number of halogens is 1.